The minimum atomic E-state index is -0.416. The maximum atomic E-state index is 13.8. The Labute approximate surface area is 124 Å². The van der Waals surface area contributed by atoms with Gasteiger partial charge in [0.05, 0.1) is 5.02 Å². The number of rotatable bonds is 4. The first-order valence-electron chi connectivity index (χ1n) is 6.66. The fourth-order valence-corrected chi connectivity index (χ4v) is 3.22. The lowest BCUT2D eigenvalue weighted by atomic mass is 10.4. The van der Waals surface area contributed by atoms with Gasteiger partial charge in [-0.1, -0.05) is 11.6 Å². The summed E-state index contributed by atoms with van der Waals surface area (Å²) in [7, 11) is 0. The molecule has 0 spiro atoms. The van der Waals surface area contributed by atoms with Crippen molar-refractivity contribution in [1.29, 1.82) is 0 Å². The molecule has 2 aromatic heterocycles. The summed E-state index contributed by atoms with van der Waals surface area (Å²) < 4.78 is 16.0. The van der Waals surface area contributed by atoms with Gasteiger partial charge >= 0.3 is 0 Å². The highest BCUT2D eigenvalue weighted by atomic mass is 35.5. The standard InChI is InChI=1S/C13H12ClFN4S/c14-8-5-10(15)12(16-6-8)20-13-18-17-11(7-1-2-7)19(13)9-3-4-9/h5-7,9H,1-4H2. The Morgan fingerprint density at radius 2 is 2.05 bits per heavy atom. The lowest BCUT2D eigenvalue weighted by molar-refractivity contribution is 0.585. The molecule has 0 amide bonds. The van der Waals surface area contributed by atoms with Gasteiger partial charge in [0.15, 0.2) is 11.0 Å². The maximum absolute atomic E-state index is 13.8. The van der Waals surface area contributed by atoms with Crippen molar-refractivity contribution in [2.75, 3.05) is 0 Å². The van der Waals surface area contributed by atoms with E-state index in [1.165, 1.54) is 36.9 Å². The van der Waals surface area contributed by atoms with E-state index in [9.17, 15) is 4.39 Å². The smallest absolute Gasteiger partial charge is 0.197 e. The van der Waals surface area contributed by atoms with Crippen LogP contribution in [0.5, 0.6) is 0 Å². The summed E-state index contributed by atoms with van der Waals surface area (Å²) >= 11 is 6.95. The second kappa shape index (κ2) is 4.70. The summed E-state index contributed by atoms with van der Waals surface area (Å²) in [6.45, 7) is 0. The monoisotopic (exact) mass is 310 g/mol. The van der Waals surface area contributed by atoms with Gasteiger partial charge in [0.25, 0.3) is 0 Å². The summed E-state index contributed by atoms with van der Waals surface area (Å²) in [4.78, 5) is 4.04. The third-order valence-electron chi connectivity index (χ3n) is 3.51. The quantitative estimate of drug-likeness (QED) is 0.861. The van der Waals surface area contributed by atoms with Crippen LogP contribution in [0.15, 0.2) is 22.4 Å². The molecule has 0 aliphatic heterocycles. The Bertz CT molecular complexity index is 666. The van der Waals surface area contributed by atoms with Crippen LogP contribution in [0.25, 0.3) is 0 Å². The summed E-state index contributed by atoms with van der Waals surface area (Å²) in [5.41, 5.74) is 0. The SMILES string of the molecule is Fc1cc(Cl)cnc1Sc1nnc(C2CC2)n1C1CC1. The van der Waals surface area contributed by atoms with Crippen LogP contribution in [-0.4, -0.2) is 19.7 Å². The molecule has 0 radical (unpaired) electrons. The molecule has 2 heterocycles. The van der Waals surface area contributed by atoms with Gasteiger partial charge in [-0.05, 0) is 43.5 Å². The Kier molecular flexibility index (Phi) is 2.96. The summed E-state index contributed by atoms with van der Waals surface area (Å²) in [5, 5.41) is 9.87. The molecule has 2 aliphatic rings. The first-order valence-corrected chi connectivity index (χ1v) is 7.85. The second-order valence-electron chi connectivity index (χ2n) is 5.26. The lowest BCUT2D eigenvalue weighted by Gasteiger charge is -2.08. The summed E-state index contributed by atoms with van der Waals surface area (Å²) in [5.74, 6) is 1.19. The van der Waals surface area contributed by atoms with Crippen molar-refractivity contribution in [3.05, 3.63) is 28.9 Å². The van der Waals surface area contributed by atoms with E-state index in [0.29, 0.717) is 22.0 Å². The highest BCUT2D eigenvalue weighted by Gasteiger charge is 2.36. The van der Waals surface area contributed by atoms with E-state index in [0.717, 1.165) is 23.8 Å². The minimum Gasteiger partial charge on any atom is -0.302 e. The van der Waals surface area contributed by atoms with Crippen LogP contribution in [0.3, 0.4) is 0 Å². The molecule has 4 nitrogen and oxygen atoms in total. The van der Waals surface area contributed by atoms with Gasteiger partial charge in [-0.3, -0.25) is 0 Å². The highest BCUT2D eigenvalue weighted by Crippen LogP contribution is 2.46. The average molecular weight is 311 g/mol. The number of nitrogens with zero attached hydrogens (tertiary/aromatic N) is 4. The van der Waals surface area contributed by atoms with E-state index in [1.54, 1.807) is 0 Å². The van der Waals surface area contributed by atoms with Crippen molar-refractivity contribution in [3.8, 4) is 0 Å². The molecule has 104 valence electrons. The molecule has 0 N–H and O–H groups in total. The first-order chi connectivity index (χ1) is 9.72. The molecule has 0 saturated heterocycles. The van der Waals surface area contributed by atoms with Crippen LogP contribution in [0.1, 0.15) is 43.5 Å². The van der Waals surface area contributed by atoms with Crippen molar-refractivity contribution in [2.24, 2.45) is 0 Å². The van der Waals surface area contributed by atoms with Crippen LogP contribution in [-0.2, 0) is 0 Å². The minimum absolute atomic E-state index is 0.297. The third-order valence-corrected chi connectivity index (χ3v) is 4.67. The molecule has 2 fully saturated rings. The number of halogens is 2. The van der Waals surface area contributed by atoms with E-state index < -0.39 is 5.82 Å². The van der Waals surface area contributed by atoms with Gasteiger partial charge in [0, 0.05) is 18.2 Å². The highest BCUT2D eigenvalue weighted by molar-refractivity contribution is 7.99. The number of aromatic nitrogens is 4. The molecule has 7 heteroatoms. The average Bonchev–Trinajstić information content (AvgIpc) is 3.31. The fraction of sp³-hybridized carbons (Fsp3) is 0.462. The number of pyridine rings is 1. The van der Waals surface area contributed by atoms with Crippen molar-refractivity contribution < 1.29 is 4.39 Å². The van der Waals surface area contributed by atoms with E-state index in [2.05, 4.69) is 19.7 Å². The van der Waals surface area contributed by atoms with E-state index >= 15 is 0 Å². The van der Waals surface area contributed by atoms with Gasteiger partial charge in [0.1, 0.15) is 10.9 Å². The Morgan fingerprint density at radius 1 is 1.25 bits per heavy atom. The maximum Gasteiger partial charge on any atom is 0.197 e. The van der Waals surface area contributed by atoms with E-state index in [4.69, 9.17) is 11.6 Å². The summed E-state index contributed by atoms with van der Waals surface area (Å²) in [6, 6.07) is 1.76. The molecular formula is C13H12ClFN4S. The van der Waals surface area contributed by atoms with E-state index in [-0.39, 0.29) is 0 Å². The molecule has 2 aliphatic carbocycles. The van der Waals surface area contributed by atoms with Gasteiger partial charge in [-0.15, -0.1) is 10.2 Å². The van der Waals surface area contributed by atoms with Crippen LogP contribution < -0.4 is 0 Å². The van der Waals surface area contributed by atoms with E-state index in [1.807, 2.05) is 0 Å². The molecule has 0 unspecified atom stereocenters. The Morgan fingerprint density at radius 3 is 2.70 bits per heavy atom. The Hall–Kier alpha value is -1.14. The lowest BCUT2D eigenvalue weighted by Crippen LogP contribution is -2.02. The van der Waals surface area contributed by atoms with Gasteiger partial charge in [-0.25, -0.2) is 9.37 Å². The zero-order valence-corrected chi connectivity index (χ0v) is 12.2. The van der Waals surface area contributed by atoms with Gasteiger partial charge < -0.3 is 4.57 Å². The topological polar surface area (TPSA) is 43.6 Å². The molecule has 2 saturated carbocycles. The fourth-order valence-electron chi connectivity index (χ4n) is 2.22. The van der Waals surface area contributed by atoms with Gasteiger partial charge in [0.2, 0.25) is 0 Å². The number of hydrogen-bond donors (Lipinski definition) is 0. The van der Waals surface area contributed by atoms with Crippen molar-refractivity contribution in [2.45, 2.75) is 47.8 Å². The normalized spacial score (nSPS) is 18.5. The molecule has 0 aromatic carbocycles. The molecule has 0 atom stereocenters. The zero-order valence-electron chi connectivity index (χ0n) is 10.6. The predicted molar refractivity (Wildman–Crippen MR) is 73.6 cm³/mol. The summed E-state index contributed by atoms with van der Waals surface area (Å²) in [6.07, 6.45) is 6.13. The largest absolute Gasteiger partial charge is 0.302 e. The molecule has 2 aromatic rings. The molecular weight excluding hydrogens is 299 g/mol. The predicted octanol–water partition coefficient (Wildman–Crippen LogP) is 3.83. The molecule has 4 rings (SSSR count). The Balaban J connectivity index is 1.68. The molecule has 0 bridgehead atoms. The van der Waals surface area contributed by atoms with Crippen LogP contribution in [0.4, 0.5) is 4.39 Å². The van der Waals surface area contributed by atoms with Crippen LogP contribution >= 0.6 is 23.4 Å². The number of hydrogen-bond acceptors (Lipinski definition) is 4. The van der Waals surface area contributed by atoms with Gasteiger partial charge in [-0.2, -0.15) is 0 Å². The van der Waals surface area contributed by atoms with Crippen LogP contribution in [0, 0.1) is 5.82 Å². The molecule has 20 heavy (non-hydrogen) atoms. The second-order valence-corrected chi connectivity index (χ2v) is 6.65. The van der Waals surface area contributed by atoms with Crippen molar-refractivity contribution in [1.82, 2.24) is 19.7 Å². The van der Waals surface area contributed by atoms with Crippen LogP contribution in [0.2, 0.25) is 5.02 Å². The third kappa shape index (κ3) is 2.31. The first kappa shape index (κ1) is 12.6. The van der Waals surface area contributed by atoms with Crippen molar-refractivity contribution >= 4 is 23.4 Å². The van der Waals surface area contributed by atoms with Crippen molar-refractivity contribution in [3.63, 3.8) is 0 Å². The zero-order chi connectivity index (χ0) is 13.7.